The van der Waals surface area contributed by atoms with Crippen molar-refractivity contribution in [2.75, 3.05) is 19.8 Å². The highest BCUT2D eigenvalue weighted by Gasteiger charge is 2.09. The van der Waals surface area contributed by atoms with E-state index in [1.54, 1.807) is 0 Å². The Kier molecular flexibility index (Phi) is 3.83. The van der Waals surface area contributed by atoms with E-state index < -0.39 is 0 Å². The SMILES string of the molecule is C=CCNCc1ccc2c(c1)OCCCO2. The maximum absolute atomic E-state index is 5.62. The number of fused-ring (bicyclic) bond motifs is 1. The fourth-order valence-corrected chi connectivity index (χ4v) is 1.64. The van der Waals surface area contributed by atoms with E-state index in [2.05, 4.69) is 18.0 Å². The number of hydrogen-bond donors (Lipinski definition) is 1. The zero-order chi connectivity index (χ0) is 11.2. The molecule has 1 aliphatic rings. The lowest BCUT2D eigenvalue weighted by molar-refractivity contribution is 0.297. The summed E-state index contributed by atoms with van der Waals surface area (Å²) < 4.78 is 11.2. The average molecular weight is 219 g/mol. The summed E-state index contributed by atoms with van der Waals surface area (Å²) in [5.41, 5.74) is 1.20. The van der Waals surface area contributed by atoms with Crippen molar-refractivity contribution in [2.24, 2.45) is 0 Å². The van der Waals surface area contributed by atoms with Crippen LogP contribution in [-0.2, 0) is 6.54 Å². The van der Waals surface area contributed by atoms with Crippen LogP contribution in [-0.4, -0.2) is 19.8 Å². The van der Waals surface area contributed by atoms with Gasteiger partial charge in [-0.1, -0.05) is 12.1 Å². The van der Waals surface area contributed by atoms with Gasteiger partial charge in [-0.05, 0) is 17.7 Å². The summed E-state index contributed by atoms with van der Waals surface area (Å²) in [5, 5.41) is 3.26. The van der Waals surface area contributed by atoms with Gasteiger partial charge in [0.15, 0.2) is 11.5 Å². The highest BCUT2D eigenvalue weighted by atomic mass is 16.5. The van der Waals surface area contributed by atoms with Crippen LogP contribution in [0.3, 0.4) is 0 Å². The molecule has 0 saturated heterocycles. The monoisotopic (exact) mass is 219 g/mol. The lowest BCUT2D eigenvalue weighted by atomic mass is 10.2. The van der Waals surface area contributed by atoms with Gasteiger partial charge in [-0.3, -0.25) is 0 Å². The minimum atomic E-state index is 0.733. The van der Waals surface area contributed by atoms with E-state index in [1.165, 1.54) is 5.56 Å². The minimum absolute atomic E-state index is 0.733. The van der Waals surface area contributed by atoms with Crippen LogP contribution in [0.1, 0.15) is 12.0 Å². The van der Waals surface area contributed by atoms with Gasteiger partial charge in [-0.2, -0.15) is 0 Å². The van der Waals surface area contributed by atoms with Gasteiger partial charge in [0, 0.05) is 19.5 Å². The van der Waals surface area contributed by atoms with Crippen molar-refractivity contribution in [3.63, 3.8) is 0 Å². The molecule has 0 fully saturated rings. The second kappa shape index (κ2) is 5.56. The van der Waals surface area contributed by atoms with Gasteiger partial charge < -0.3 is 14.8 Å². The molecule has 1 heterocycles. The van der Waals surface area contributed by atoms with Gasteiger partial charge in [0.05, 0.1) is 13.2 Å². The molecule has 0 aliphatic carbocycles. The Hall–Kier alpha value is -1.48. The zero-order valence-corrected chi connectivity index (χ0v) is 9.37. The van der Waals surface area contributed by atoms with Crippen LogP contribution in [0.15, 0.2) is 30.9 Å². The summed E-state index contributed by atoms with van der Waals surface area (Å²) in [5.74, 6) is 1.71. The molecule has 0 radical (unpaired) electrons. The highest BCUT2D eigenvalue weighted by molar-refractivity contribution is 5.43. The van der Waals surface area contributed by atoms with Crippen molar-refractivity contribution in [2.45, 2.75) is 13.0 Å². The van der Waals surface area contributed by atoms with Crippen molar-refractivity contribution in [1.82, 2.24) is 5.32 Å². The van der Waals surface area contributed by atoms with E-state index in [4.69, 9.17) is 9.47 Å². The quantitative estimate of drug-likeness (QED) is 0.621. The fourth-order valence-electron chi connectivity index (χ4n) is 1.64. The molecule has 1 aromatic carbocycles. The van der Waals surface area contributed by atoms with Crippen LogP contribution in [0.5, 0.6) is 11.5 Å². The molecule has 0 aromatic heterocycles. The van der Waals surface area contributed by atoms with Crippen LogP contribution >= 0.6 is 0 Å². The Labute approximate surface area is 96.1 Å². The third-order valence-corrected chi connectivity index (χ3v) is 2.43. The largest absolute Gasteiger partial charge is 0.490 e. The Morgan fingerprint density at radius 2 is 2.06 bits per heavy atom. The number of rotatable bonds is 4. The molecule has 1 aromatic rings. The Bertz CT molecular complexity index is 363. The predicted molar refractivity (Wildman–Crippen MR) is 64.0 cm³/mol. The lowest BCUT2D eigenvalue weighted by Crippen LogP contribution is -2.12. The van der Waals surface area contributed by atoms with Crippen LogP contribution in [0.2, 0.25) is 0 Å². The predicted octanol–water partition coefficient (Wildman–Crippen LogP) is 2.12. The molecule has 0 unspecified atom stereocenters. The molecule has 2 rings (SSSR count). The molecule has 0 saturated carbocycles. The topological polar surface area (TPSA) is 30.5 Å². The summed E-state index contributed by atoms with van der Waals surface area (Å²) in [6.45, 7) is 6.77. The first-order valence-electron chi connectivity index (χ1n) is 5.60. The van der Waals surface area contributed by atoms with Crippen molar-refractivity contribution in [3.05, 3.63) is 36.4 Å². The van der Waals surface area contributed by atoms with Crippen molar-refractivity contribution in [3.8, 4) is 11.5 Å². The molecule has 0 spiro atoms. The van der Waals surface area contributed by atoms with E-state index in [1.807, 2.05) is 18.2 Å². The van der Waals surface area contributed by atoms with Gasteiger partial charge in [0.1, 0.15) is 0 Å². The number of benzene rings is 1. The second-order valence-electron chi connectivity index (χ2n) is 3.75. The first-order valence-corrected chi connectivity index (χ1v) is 5.60. The summed E-state index contributed by atoms with van der Waals surface area (Å²) in [6.07, 6.45) is 2.79. The van der Waals surface area contributed by atoms with E-state index in [9.17, 15) is 0 Å². The molecule has 3 nitrogen and oxygen atoms in total. The molecule has 0 bridgehead atoms. The fraction of sp³-hybridized carbons (Fsp3) is 0.385. The number of hydrogen-bond acceptors (Lipinski definition) is 3. The minimum Gasteiger partial charge on any atom is -0.490 e. The van der Waals surface area contributed by atoms with Gasteiger partial charge in [0.2, 0.25) is 0 Å². The van der Waals surface area contributed by atoms with Crippen molar-refractivity contribution in [1.29, 1.82) is 0 Å². The van der Waals surface area contributed by atoms with E-state index in [0.29, 0.717) is 0 Å². The van der Waals surface area contributed by atoms with Gasteiger partial charge in [0.25, 0.3) is 0 Å². The molecular formula is C13H17NO2. The molecule has 0 amide bonds. The number of ether oxygens (including phenoxy) is 2. The standard InChI is InChI=1S/C13H17NO2/c1-2-6-14-10-11-4-5-12-13(9-11)16-8-3-7-15-12/h2,4-5,9,14H,1,3,6-8,10H2. The highest BCUT2D eigenvalue weighted by Crippen LogP contribution is 2.30. The maximum Gasteiger partial charge on any atom is 0.161 e. The second-order valence-corrected chi connectivity index (χ2v) is 3.75. The van der Waals surface area contributed by atoms with Crippen LogP contribution in [0.25, 0.3) is 0 Å². The Morgan fingerprint density at radius 3 is 2.88 bits per heavy atom. The Balaban J connectivity index is 2.05. The maximum atomic E-state index is 5.62. The lowest BCUT2D eigenvalue weighted by Gasteiger charge is -2.09. The van der Waals surface area contributed by atoms with Crippen LogP contribution < -0.4 is 14.8 Å². The van der Waals surface area contributed by atoms with Crippen molar-refractivity contribution < 1.29 is 9.47 Å². The van der Waals surface area contributed by atoms with Gasteiger partial charge in [-0.25, -0.2) is 0 Å². The van der Waals surface area contributed by atoms with Crippen molar-refractivity contribution >= 4 is 0 Å². The van der Waals surface area contributed by atoms with Crippen LogP contribution in [0.4, 0.5) is 0 Å². The van der Waals surface area contributed by atoms with Gasteiger partial charge in [-0.15, -0.1) is 6.58 Å². The average Bonchev–Trinajstić information content (AvgIpc) is 2.54. The molecule has 16 heavy (non-hydrogen) atoms. The summed E-state index contributed by atoms with van der Waals surface area (Å²) in [6, 6.07) is 6.08. The van der Waals surface area contributed by atoms with Crippen LogP contribution in [0, 0.1) is 0 Å². The summed E-state index contributed by atoms with van der Waals surface area (Å²) in [4.78, 5) is 0. The van der Waals surface area contributed by atoms with E-state index >= 15 is 0 Å². The third kappa shape index (κ3) is 2.76. The number of nitrogens with one attached hydrogen (secondary N) is 1. The first kappa shape index (κ1) is 11.0. The molecule has 1 aliphatic heterocycles. The van der Waals surface area contributed by atoms with E-state index in [-0.39, 0.29) is 0 Å². The molecule has 86 valence electrons. The molecular weight excluding hydrogens is 202 g/mol. The van der Waals surface area contributed by atoms with Gasteiger partial charge >= 0.3 is 0 Å². The Morgan fingerprint density at radius 1 is 1.25 bits per heavy atom. The molecule has 3 heteroatoms. The summed E-state index contributed by atoms with van der Waals surface area (Å²) >= 11 is 0. The molecule has 1 N–H and O–H groups in total. The normalized spacial score (nSPS) is 14.2. The zero-order valence-electron chi connectivity index (χ0n) is 9.37. The smallest absolute Gasteiger partial charge is 0.161 e. The third-order valence-electron chi connectivity index (χ3n) is 2.43. The summed E-state index contributed by atoms with van der Waals surface area (Å²) in [7, 11) is 0. The molecule has 0 atom stereocenters. The van der Waals surface area contributed by atoms with E-state index in [0.717, 1.165) is 44.2 Å². The first-order chi connectivity index (χ1) is 7.90.